The molecule has 39 heavy (non-hydrogen) atoms. The number of nitrogens with zero attached hydrogens (tertiary/aromatic N) is 4. The van der Waals surface area contributed by atoms with Gasteiger partial charge in [-0.3, -0.25) is 25.0 Å². The number of carbonyl (C=O) groups is 2. The molecule has 0 spiro atoms. The molecule has 196 valence electrons. The number of amides is 2. The number of hydrogen-bond donors (Lipinski definition) is 2. The Balaban J connectivity index is 1.47. The number of ether oxygens (including phenoxy) is 1. The van der Waals surface area contributed by atoms with E-state index >= 15 is 0 Å². The molecule has 1 fully saturated rings. The number of aromatic nitrogens is 1. The lowest BCUT2D eigenvalue weighted by Crippen LogP contribution is -2.61. The monoisotopic (exact) mass is 520 g/mol. The Hall–Kier alpha value is -4.92. The lowest BCUT2D eigenvalue weighted by atomic mass is 9.85. The third kappa shape index (κ3) is 4.21. The summed E-state index contributed by atoms with van der Waals surface area (Å²) in [6, 6.07) is 18.8. The van der Waals surface area contributed by atoms with Gasteiger partial charge in [0.1, 0.15) is 17.6 Å². The molecule has 2 N–H and O–H groups in total. The standard InChI is InChI=1S/C30H28N6O3/c1-5-23(37)33-20-11-9-18(10-12-20)27-25-22-14-13-21(39-24-8-6-7-17(2)32-24)15-19(22)16-31-29-26(25)28(35(27)3)30(38)36(4)34-29/h5-15,26,28H,1,16H2,2-4H3,(H,31,34)(H,33,37). The molecule has 2 aromatic carbocycles. The van der Waals surface area contributed by atoms with Crippen molar-refractivity contribution in [2.75, 3.05) is 19.4 Å². The number of benzene rings is 2. The Kier molecular flexibility index (Phi) is 5.91. The summed E-state index contributed by atoms with van der Waals surface area (Å²) < 4.78 is 6.08. The van der Waals surface area contributed by atoms with Gasteiger partial charge in [-0.1, -0.05) is 30.8 Å². The zero-order chi connectivity index (χ0) is 27.3. The van der Waals surface area contributed by atoms with Gasteiger partial charge in [0.2, 0.25) is 11.8 Å². The van der Waals surface area contributed by atoms with Crippen molar-refractivity contribution in [1.82, 2.24) is 20.3 Å². The minimum atomic E-state index is -0.432. The van der Waals surface area contributed by atoms with Gasteiger partial charge in [-0.2, -0.15) is 0 Å². The minimum Gasteiger partial charge on any atom is -0.439 e. The van der Waals surface area contributed by atoms with Gasteiger partial charge in [0.15, 0.2) is 0 Å². The van der Waals surface area contributed by atoms with Gasteiger partial charge in [-0.05, 0) is 65.6 Å². The van der Waals surface area contributed by atoms with Gasteiger partial charge >= 0.3 is 0 Å². The summed E-state index contributed by atoms with van der Waals surface area (Å²) in [5.74, 6) is 1.41. The molecule has 2 atom stereocenters. The third-order valence-corrected chi connectivity index (χ3v) is 7.30. The van der Waals surface area contributed by atoms with E-state index in [2.05, 4.69) is 22.3 Å². The first-order valence-electron chi connectivity index (χ1n) is 12.7. The van der Waals surface area contributed by atoms with Crippen LogP contribution in [-0.4, -0.2) is 52.7 Å². The largest absolute Gasteiger partial charge is 0.439 e. The molecule has 3 aromatic rings. The van der Waals surface area contributed by atoms with E-state index in [1.54, 1.807) is 7.05 Å². The SMILES string of the molecule is C=CC(=O)Nc1ccc(C2=C3c4ccc(Oc5cccc(C)n5)cc4CN=C4NN(C)C(=O)C(C43)N2C)cc1. The second kappa shape index (κ2) is 9.43. The molecule has 4 heterocycles. The van der Waals surface area contributed by atoms with Gasteiger partial charge in [-0.15, -0.1) is 0 Å². The van der Waals surface area contributed by atoms with Crippen LogP contribution >= 0.6 is 0 Å². The molecule has 3 aliphatic rings. The number of pyridine rings is 1. The summed E-state index contributed by atoms with van der Waals surface area (Å²) in [6.07, 6.45) is 1.24. The van der Waals surface area contributed by atoms with E-state index < -0.39 is 6.04 Å². The summed E-state index contributed by atoms with van der Waals surface area (Å²) in [6.45, 7) is 5.87. The Morgan fingerprint density at radius 1 is 1.15 bits per heavy atom. The van der Waals surface area contributed by atoms with Crippen molar-refractivity contribution in [3.8, 4) is 11.6 Å². The van der Waals surface area contributed by atoms with E-state index in [0.717, 1.165) is 39.5 Å². The molecule has 2 amide bonds. The van der Waals surface area contributed by atoms with E-state index in [4.69, 9.17) is 9.73 Å². The van der Waals surface area contributed by atoms with Gasteiger partial charge in [0.25, 0.3) is 5.91 Å². The maximum atomic E-state index is 13.4. The number of fused-ring (bicyclic) bond motifs is 2. The molecule has 0 saturated carbocycles. The molecule has 9 nitrogen and oxygen atoms in total. The van der Waals surface area contributed by atoms with Crippen molar-refractivity contribution in [2.45, 2.75) is 19.5 Å². The van der Waals surface area contributed by atoms with Gasteiger partial charge in [0.05, 0.1) is 12.5 Å². The van der Waals surface area contributed by atoms with Crippen LogP contribution in [0.2, 0.25) is 0 Å². The zero-order valence-electron chi connectivity index (χ0n) is 21.9. The van der Waals surface area contributed by atoms with E-state index in [9.17, 15) is 9.59 Å². The highest BCUT2D eigenvalue weighted by molar-refractivity contribution is 6.13. The number of likely N-dealkylation sites (N-methyl/N-ethyl adjacent to an activating group) is 2. The van der Waals surface area contributed by atoms with Gasteiger partial charge < -0.3 is 15.0 Å². The van der Waals surface area contributed by atoms with Crippen LogP contribution in [0, 0.1) is 12.8 Å². The Bertz CT molecular complexity index is 1580. The molecule has 3 aliphatic heterocycles. The van der Waals surface area contributed by atoms with E-state index in [1.807, 2.05) is 79.5 Å². The summed E-state index contributed by atoms with van der Waals surface area (Å²) in [5, 5.41) is 4.30. The van der Waals surface area contributed by atoms with Crippen LogP contribution in [0.25, 0.3) is 11.3 Å². The molecule has 1 aromatic heterocycles. The maximum absolute atomic E-state index is 13.4. The fourth-order valence-electron chi connectivity index (χ4n) is 5.53. The number of aliphatic imine (C=N–C) groups is 1. The first-order chi connectivity index (χ1) is 18.8. The van der Waals surface area contributed by atoms with E-state index in [0.29, 0.717) is 23.9 Å². The lowest BCUT2D eigenvalue weighted by molar-refractivity contribution is -0.137. The predicted molar refractivity (Wildman–Crippen MR) is 150 cm³/mol. The highest BCUT2D eigenvalue weighted by Gasteiger charge is 2.51. The lowest BCUT2D eigenvalue weighted by Gasteiger charge is -2.37. The Labute approximate surface area is 226 Å². The minimum absolute atomic E-state index is 0.0299. The number of hydrazine groups is 1. The highest BCUT2D eigenvalue weighted by atomic mass is 16.5. The van der Waals surface area contributed by atoms with Crippen molar-refractivity contribution < 1.29 is 14.3 Å². The first kappa shape index (κ1) is 24.4. The second-order valence-corrected chi connectivity index (χ2v) is 9.82. The molecule has 0 aliphatic carbocycles. The van der Waals surface area contributed by atoms with Crippen molar-refractivity contribution in [3.05, 3.63) is 95.7 Å². The summed E-state index contributed by atoms with van der Waals surface area (Å²) in [4.78, 5) is 36.6. The second-order valence-electron chi connectivity index (χ2n) is 9.82. The van der Waals surface area contributed by atoms with E-state index in [1.165, 1.54) is 11.1 Å². The summed E-state index contributed by atoms with van der Waals surface area (Å²) in [7, 11) is 3.67. The number of rotatable bonds is 5. The zero-order valence-corrected chi connectivity index (χ0v) is 21.9. The van der Waals surface area contributed by atoms with Crippen LogP contribution in [0.4, 0.5) is 5.69 Å². The number of aryl methyl sites for hydroxylation is 1. The quantitative estimate of drug-likeness (QED) is 0.494. The normalized spacial score (nSPS) is 19.5. The van der Waals surface area contributed by atoms with Crippen LogP contribution in [0.1, 0.15) is 22.4 Å². The van der Waals surface area contributed by atoms with Crippen LogP contribution in [0.15, 0.2) is 78.3 Å². The number of hydrogen-bond acceptors (Lipinski definition) is 7. The van der Waals surface area contributed by atoms with Crippen molar-refractivity contribution in [1.29, 1.82) is 0 Å². The predicted octanol–water partition coefficient (Wildman–Crippen LogP) is 3.99. The molecule has 9 heteroatoms. The molecule has 6 rings (SSSR count). The van der Waals surface area contributed by atoms with Crippen LogP contribution < -0.4 is 15.5 Å². The van der Waals surface area contributed by atoms with Gasteiger partial charge in [-0.25, -0.2) is 4.98 Å². The molecule has 2 unspecified atom stereocenters. The van der Waals surface area contributed by atoms with Crippen LogP contribution in [-0.2, 0) is 16.1 Å². The molecule has 1 saturated heterocycles. The van der Waals surface area contributed by atoms with Crippen molar-refractivity contribution in [3.63, 3.8) is 0 Å². The summed E-state index contributed by atoms with van der Waals surface area (Å²) >= 11 is 0. The number of carbonyl (C=O) groups excluding carboxylic acids is 2. The third-order valence-electron chi connectivity index (χ3n) is 7.30. The average Bonchev–Trinajstić information content (AvgIpc) is 3.14. The fraction of sp³-hybridized carbons (Fsp3) is 0.200. The number of anilines is 1. The van der Waals surface area contributed by atoms with Crippen molar-refractivity contribution >= 4 is 34.6 Å². The highest BCUT2D eigenvalue weighted by Crippen LogP contribution is 2.48. The molecule has 0 radical (unpaired) electrons. The van der Waals surface area contributed by atoms with Gasteiger partial charge in [0, 0.05) is 37.2 Å². The average molecular weight is 521 g/mol. The molecular weight excluding hydrogens is 492 g/mol. The molecular formula is C30H28N6O3. The number of amidine groups is 1. The Morgan fingerprint density at radius 2 is 1.95 bits per heavy atom. The fourth-order valence-corrected chi connectivity index (χ4v) is 5.53. The maximum Gasteiger partial charge on any atom is 0.264 e. The van der Waals surface area contributed by atoms with Crippen LogP contribution in [0.5, 0.6) is 11.6 Å². The first-order valence-corrected chi connectivity index (χ1v) is 12.7. The van der Waals surface area contributed by atoms with E-state index in [-0.39, 0.29) is 17.7 Å². The topological polar surface area (TPSA) is 99.2 Å². The Morgan fingerprint density at radius 3 is 2.69 bits per heavy atom. The number of nitrogens with one attached hydrogen (secondary N) is 2. The summed E-state index contributed by atoms with van der Waals surface area (Å²) in [5.41, 5.74) is 9.69. The smallest absolute Gasteiger partial charge is 0.264 e. The molecule has 0 bridgehead atoms. The van der Waals surface area contributed by atoms with Crippen LogP contribution in [0.3, 0.4) is 0 Å². The van der Waals surface area contributed by atoms with Crippen molar-refractivity contribution in [2.24, 2.45) is 10.9 Å².